The molecule has 0 aliphatic carbocycles. The van der Waals surface area contributed by atoms with Crippen LogP contribution < -0.4 is 10.6 Å². The first-order valence-corrected chi connectivity index (χ1v) is 7.04. The van der Waals surface area contributed by atoms with Crippen molar-refractivity contribution in [2.75, 3.05) is 13.1 Å². The number of carbonyl (C=O) groups is 2. The fraction of sp³-hybridized carbons (Fsp3) is 0.385. The Kier molecular flexibility index (Phi) is 4.59. The Balaban J connectivity index is 1.96. The van der Waals surface area contributed by atoms with Crippen LogP contribution >= 0.6 is 15.9 Å². The van der Waals surface area contributed by atoms with E-state index in [2.05, 4.69) is 26.6 Å². The topological polar surface area (TPSA) is 61.4 Å². The van der Waals surface area contributed by atoms with Crippen LogP contribution in [0.4, 0.5) is 9.18 Å². The van der Waals surface area contributed by atoms with Gasteiger partial charge in [0.25, 0.3) is 0 Å². The van der Waals surface area contributed by atoms with Gasteiger partial charge in [0, 0.05) is 24.1 Å². The van der Waals surface area contributed by atoms with E-state index >= 15 is 0 Å². The van der Waals surface area contributed by atoms with Crippen LogP contribution in [0.5, 0.6) is 0 Å². The summed E-state index contributed by atoms with van der Waals surface area (Å²) >= 11 is 3.20. The van der Waals surface area contributed by atoms with Crippen molar-refractivity contribution in [1.29, 1.82) is 0 Å². The number of carbonyl (C=O) groups excluding carboxylic acids is 2. The Morgan fingerprint density at radius 1 is 1.55 bits per heavy atom. The summed E-state index contributed by atoms with van der Waals surface area (Å²) in [6.07, 6.45) is 0. The number of urea groups is 1. The summed E-state index contributed by atoms with van der Waals surface area (Å²) in [5, 5.41) is 5.38. The largest absolute Gasteiger partial charge is 0.353 e. The molecular formula is C13H15BrFN3O2. The number of amides is 3. The second-order valence-electron chi connectivity index (χ2n) is 4.60. The Labute approximate surface area is 124 Å². The minimum atomic E-state index is -0.497. The first-order valence-electron chi connectivity index (χ1n) is 6.24. The summed E-state index contributed by atoms with van der Waals surface area (Å²) in [6.45, 7) is 2.79. The highest BCUT2D eigenvalue weighted by molar-refractivity contribution is 9.10. The lowest BCUT2D eigenvalue weighted by Gasteiger charge is -2.32. The van der Waals surface area contributed by atoms with Gasteiger partial charge in [0.2, 0.25) is 5.91 Å². The predicted octanol–water partition coefficient (Wildman–Crippen LogP) is 1.62. The van der Waals surface area contributed by atoms with E-state index in [1.165, 1.54) is 17.0 Å². The molecule has 2 N–H and O–H groups in total. The molecule has 1 atom stereocenters. The first kappa shape index (κ1) is 14.8. The lowest BCUT2D eigenvalue weighted by atomic mass is 10.2. The second kappa shape index (κ2) is 6.21. The van der Waals surface area contributed by atoms with E-state index in [0.29, 0.717) is 23.1 Å². The average Bonchev–Trinajstić information content (AvgIpc) is 2.38. The number of halogens is 2. The predicted molar refractivity (Wildman–Crippen MR) is 75.5 cm³/mol. The number of nitrogens with zero attached hydrogens (tertiary/aromatic N) is 1. The molecule has 1 aromatic rings. The summed E-state index contributed by atoms with van der Waals surface area (Å²) in [5.74, 6) is -0.533. The van der Waals surface area contributed by atoms with E-state index in [1.807, 2.05) is 0 Å². The van der Waals surface area contributed by atoms with Crippen molar-refractivity contribution in [3.63, 3.8) is 0 Å². The highest BCUT2D eigenvalue weighted by Crippen LogP contribution is 2.15. The van der Waals surface area contributed by atoms with E-state index < -0.39 is 6.04 Å². The summed E-state index contributed by atoms with van der Waals surface area (Å²) in [4.78, 5) is 25.0. The third-order valence-electron chi connectivity index (χ3n) is 3.13. The molecule has 1 aromatic carbocycles. The lowest BCUT2D eigenvalue weighted by molar-refractivity contribution is -0.126. The van der Waals surface area contributed by atoms with Crippen molar-refractivity contribution >= 4 is 27.9 Å². The number of hydrogen-bond acceptors (Lipinski definition) is 2. The molecule has 0 bridgehead atoms. The minimum Gasteiger partial charge on any atom is -0.353 e. The van der Waals surface area contributed by atoms with Gasteiger partial charge in [-0.25, -0.2) is 9.18 Å². The molecule has 0 unspecified atom stereocenters. The molecule has 1 heterocycles. The highest BCUT2D eigenvalue weighted by Gasteiger charge is 2.28. The fourth-order valence-corrected chi connectivity index (χ4v) is 2.56. The standard InChI is InChI=1S/C13H15BrFN3O2/c1-8-12(19)16-2-3-18(8)13(20)17-7-9-4-10(14)6-11(15)5-9/h4-6,8H,2-3,7H2,1H3,(H,16,19)(H,17,20)/t8-/m1/s1. The Morgan fingerprint density at radius 2 is 2.30 bits per heavy atom. The van der Waals surface area contributed by atoms with Crippen LogP contribution in [0.2, 0.25) is 0 Å². The van der Waals surface area contributed by atoms with Crippen LogP contribution in [0, 0.1) is 5.82 Å². The zero-order chi connectivity index (χ0) is 14.7. The quantitative estimate of drug-likeness (QED) is 0.857. The monoisotopic (exact) mass is 343 g/mol. The Hall–Kier alpha value is -1.63. The summed E-state index contributed by atoms with van der Waals surface area (Å²) in [6, 6.07) is 3.62. The summed E-state index contributed by atoms with van der Waals surface area (Å²) < 4.78 is 13.8. The van der Waals surface area contributed by atoms with E-state index in [-0.39, 0.29) is 24.3 Å². The third kappa shape index (κ3) is 3.47. The normalized spacial score (nSPS) is 18.6. The van der Waals surface area contributed by atoms with Gasteiger partial charge in [-0.05, 0) is 30.7 Å². The molecule has 0 saturated carbocycles. The molecule has 3 amide bonds. The second-order valence-corrected chi connectivity index (χ2v) is 5.51. The lowest BCUT2D eigenvalue weighted by Crippen LogP contribution is -2.58. The van der Waals surface area contributed by atoms with Crippen molar-refractivity contribution in [3.8, 4) is 0 Å². The minimum absolute atomic E-state index is 0.167. The molecule has 1 fully saturated rings. The molecule has 2 rings (SSSR count). The molecule has 7 heteroatoms. The molecule has 5 nitrogen and oxygen atoms in total. The van der Waals surface area contributed by atoms with Crippen molar-refractivity contribution in [3.05, 3.63) is 34.1 Å². The van der Waals surface area contributed by atoms with E-state index in [1.54, 1.807) is 13.0 Å². The Bertz CT molecular complexity index is 518. The molecule has 0 spiro atoms. The molecule has 108 valence electrons. The fourth-order valence-electron chi connectivity index (χ4n) is 2.05. The van der Waals surface area contributed by atoms with Crippen molar-refractivity contribution in [1.82, 2.24) is 15.5 Å². The van der Waals surface area contributed by atoms with Crippen molar-refractivity contribution in [2.24, 2.45) is 0 Å². The molecular weight excluding hydrogens is 329 g/mol. The zero-order valence-electron chi connectivity index (χ0n) is 11.0. The number of benzene rings is 1. The van der Waals surface area contributed by atoms with E-state index in [4.69, 9.17) is 0 Å². The molecule has 1 aliphatic rings. The van der Waals surface area contributed by atoms with Gasteiger partial charge in [0.05, 0.1) is 0 Å². The maximum Gasteiger partial charge on any atom is 0.318 e. The Morgan fingerprint density at radius 3 is 3.00 bits per heavy atom. The van der Waals surface area contributed by atoms with Crippen molar-refractivity contribution < 1.29 is 14.0 Å². The summed E-state index contributed by atoms with van der Waals surface area (Å²) in [7, 11) is 0. The molecule has 1 saturated heterocycles. The number of piperazine rings is 1. The van der Waals surface area contributed by atoms with Crippen LogP contribution in [-0.4, -0.2) is 36.0 Å². The molecule has 0 aromatic heterocycles. The average molecular weight is 344 g/mol. The van der Waals surface area contributed by atoms with Gasteiger partial charge in [-0.15, -0.1) is 0 Å². The van der Waals surface area contributed by atoms with Gasteiger partial charge in [0.1, 0.15) is 11.9 Å². The maximum atomic E-state index is 13.2. The molecule has 1 aliphatic heterocycles. The summed E-state index contributed by atoms with van der Waals surface area (Å²) in [5.41, 5.74) is 0.652. The van der Waals surface area contributed by atoms with Crippen LogP contribution in [-0.2, 0) is 11.3 Å². The van der Waals surface area contributed by atoms with Gasteiger partial charge in [0.15, 0.2) is 0 Å². The van der Waals surface area contributed by atoms with Gasteiger partial charge in [-0.3, -0.25) is 4.79 Å². The molecule has 0 radical (unpaired) electrons. The van der Waals surface area contributed by atoms with Crippen LogP contribution in [0.15, 0.2) is 22.7 Å². The van der Waals surface area contributed by atoms with Gasteiger partial charge in [-0.1, -0.05) is 15.9 Å². The van der Waals surface area contributed by atoms with Gasteiger partial charge >= 0.3 is 6.03 Å². The van der Waals surface area contributed by atoms with E-state index in [0.717, 1.165) is 0 Å². The number of nitrogens with one attached hydrogen (secondary N) is 2. The number of rotatable bonds is 2. The maximum absolute atomic E-state index is 13.2. The van der Waals surface area contributed by atoms with Gasteiger partial charge < -0.3 is 15.5 Å². The first-order chi connectivity index (χ1) is 9.47. The van der Waals surface area contributed by atoms with E-state index in [9.17, 15) is 14.0 Å². The third-order valence-corrected chi connectivity index (χ3v) is 3.58. The smallest absolute Gasteiger partial charge is 0.318 e. The van der Waals surface area contributed by atoms with Crippen LogP contribution in [0.3, 0.4) is 0 Å². The van der Waals surface area contributed by atoms with Gasteiger partial charge in [-0.2, -0.15) is 0 Å². The highest BCUT2D eigenvalue weighted by atomic mass is 79.9. The number of hydrogen-bond donors (Lipinski definition) is 2. The molecule has 20 heavy (non-hydrogen) atoms. The van der Waals surface area contributed by atoms with Crippen molar-refractivity contribution in [2.45, 2.75) is 19.5 Å². The SMILES string of the molecule is C[C@@H]1C(=O)NCCN1C(=O)NCc1cc(F)cc(Br)c1. The van der Waals surface area contributed by atoms with Crippen LogP contribution in [0.25, 0.3) is 0 Å². The zero-order valence-corrected chi connectivity index (χ0v) is 12.5. The van der Waals surface area contributed by atoms with Crippen LogP contribution in [0.1, 0.15) is 12.5 Å².